The predicted molar refractivity (Wildman–Crippen MR) is 84.6 cm³/mol. The number of hydrogen-bond acceptors (Lipinski definition) is 8. The molecule has 6 nitrogen and oxygen atoms in total. The molecule has 0 aromatic carbocycles. The van der Waals surface area contributed by atoms with E-state index >= 15 is 0 Å². The average molecular weight is 350 g/mol. The maximum Gasteiger partial charge on any atom is 0.220 e. The van der Waals surface area contributed by atoms with Gasteiger partial charge in [0.1, 0.15) is 12.2 Å². The van der Waals surface area contributed by atoms with Crippen LogP contribution < -0.4 is 0 Å². The zero-order valence-corrected chi connectivity index (χ0v) is 15.0. The fourth-order valence-electron chi connectivity index (χ4n) is 2.97. The van der Waals surface area contributed by atoms with E-state index in [4.69, 9.17) is 40.6 Å². The van der Waals surface area contributed by atoms with Gasteiger partial charge in [0.15, 0.2) is 30.1 Å². The summed E-state index contributed by atoms with van der Waals surface area (Å²) in [4.78, 5) is 0. The summed E-state index contributed by atoms with van der Waals surface area (Å²) in [7, 11) is 0. The van der Waals surface area contributed by atoms with Crippen molar-refractivity contribution < 1.29 is 28.4 Å². The Bertz CT molecular complexity index is 455. The molecule has 8 heteroatoms. The van der Waals surface area contributed by atoms with Crippen LogP contribution in [0, 0.1) is 0 Å². The summed E-state index contributed by atoms with van der Waals surface area (Å²) < 4.78 is 35.6. The minimum Gasteiger partial charge on any atom is -0.469 e. The maximum absolute atomic E-state index is 6.01. The third kappa shape index (κ3) is 3.28. The fourth-order valence-corrected chi connectivity index (χ4v) is 3.29. The van der Waals surface area contributed by atoms with Crippen LogP contribution in [-0.2, 0) is 28.4 Å². The second-order valence-corrected chi connectivity index (χ2v) is 7.88. The standard InChI is InChI=1S/C14H22O6S2/c1-13(2)15-6-7(18-13)8-9(17-12(21)22-5)10-11(16-8)20-14(3,4)19-10/h7-11H,6H2,1-5H3/t7-,8+,9-,10+,11+/m0/s1. The Morgan fingerprint density at radius 2 is 1.82 bits per heavy atom. The van der Waals surface area contributed by atoms with Gasteiger partial charge in [-0.25, -0.2) is 0 Å². The molecule has 0 aromatic rings. The minimum absolute atomic E-state index is 0.245. The van der Waals surface area contributed by atoms with Crippen LogP contribution >= 0.6 is 24.0 Å². The molecular formula is C14H22O6S2. The molecule has 0 N–H and O–H groups in total. The van der Waals surface area contributed by atoms with Crippen LogP contribution in [0.4, 0.5) is 0 Å². The first-order valence-electron chi connectivity index (χ1n) is 7.28. The van der Waals surface area contributed by atoms with Crippen molar-refractivity contribution in [2.24, 2.45) is 0 Å². The summed E-state index contributed by atoms with van der Waals surface area (Å²) in [6.07, 6.45) is 0.0796. The van der Waals surface area contributed by atoms with Gasteiger partial charge in [0.05, 0.1) is 6.61 Å². The summed E-state index contributed by atoms with van der Waals surface area (Å²) in [5, 5.41) is 0. The van der Waals surface area contributed by atoms with E-state index in [2.05, 4.69) is 0 Å². The molecule has 0 aliphatic carbocycles. The first-order valence-corrected chi connectivity index (χ1v) is 8.91. The number of ether oxygens (including phenoxy) is 6. The summed E-state index contributed by atoms with van der Waals surface area (Å²) in [5.74, 6) is -1.33. The van der Waals surface area contributed by atoms with Crippen molar-refractivity contribution in [3.8, 4) is 0 Å². The topological polar surface area (TPSA) is 55.4 Å². The minimum atomic E-state index is -0.699. The van der Waals surface area contributed by atoms with Crippen LogP contribution in [0.1, 0.15) is 27.7 Å². The molecule has 0 spiro atoms. The molecule has 0 aromatic heterocycles. The lowest BCUT2D eigenvalue weighted by molar-refractivity contribution is -0.230. The zero-order valence-electron chi connectivity index (χ0n) is 13.4. The Morgan fingerprint density at radius 1 is 1.09 bits per heavy atom. The van der Waals surface area contributed by atoms with Crippen LogP contribution in [0.2, 0.25) is 0 Å². The Hall–Kier alpha value is 0.0400. The molecule has 126 valence electrons. The smallest absolute Gasteiger partial charge is 0.220 e. The first-order chi connectivity index (χ1) is 10.2. The third-order valence-electron chi connectivity index (χ3n) is 3.82. The number of hydrogen-bond donors (Lipinski definition) is 0. The van der Waals surface area contributed by atoms with Crippen LogP contribution in [0.5, 0.6) is 0 Å². The lowest BCUT2D eigenvalue weighted by Gasteiger charge is -2.29. The van der Waals surface area contributed by atoms with E-state index in [0.29, 0.717) is 11.0 Å². The van der Waals surface area contributed by atoms with Crippen molar-refractivity contribution >= 4 is 28.4 Å². The highest BCUT2D eigenvalue weighted by Gasteiger charge is 2.59. The van der Waals surface area contributed by atoms with Gasteiger partial charge in [0.25, 0.3) is 0 Å². The van der Waals surface area contributed by atoms with Crippen molar-refractivity contribution in [2.45, 2.75) is 70.0 Å². The second-order valence-electron chi connectivity index (χ2n) is 6.47. The molecule has 0 radical (unpaired) electrons. The Kier molecular flexibility index (Phi) is 4.48. The molecule has 3 heterocycles. The summed E-state index contributed by atoms with van der Waals surface area (Å²) in [5.41, 5.74) is 0. The van der Waals surface area contributed by atoms with Crippen molar-refractivity contribution in [1.29, 1.82) is 0 Å². The molecule has 22 heavy (non-hydrogen) atoms. The Morgan fingerprint density at radius 3 is 2.41 bits per heavy atom. The SMILES string of the molecule is CSC(=S)O[C@@H]1[C@H]2OC(C)(C)O[C@H]2O[C@@H]1[C@@H]1COC(C)(C)O1. The highest BCUT2D eigenvalue weighted by molar-refractivity contribution is 8.22. The van der Waals surface area contributed by atoms with Gasteiger partial charge in [-0.05, 0) is 46.2 Å². The van der Waals surface area contributed by atoms with Crippen LogP contribution in [0.15, 0.2) is 0 Å². The van der Waals surface area contributed by atoms with E-state index in [0.717, 1.165) is 0 Å². The largest absolute Gasteiger partial charge is 0.469 e. The highest BCUT2D eigenvalue weighted by Crippen LogP contribution is 2.42. The number of thioether (sulfide) groups is 1. The van der Waals surface area contributed by atoms with Crippen molar-refractivity contribution in [3.05, 3.63) is 0 Å². The molecule has 0 bridgehead atoms. The lowest BCUT2D eigenvalue weighted by Crippen LogP contribution is -2.44. The van der Waals surface area contributed by atoms with E-state index in [1.54, 1.807) is 0 Å². The Labute approximate surface area is 140 Å². The predicted octanol–water partition coefficient (Wildman–Crippen LogP) is 2.05. The van der Waals surface area contributed by atoms with Crippen LogP contribution in [0.3, 0.4) is 0 Å². The quantitative estimate of drug-likeness (QED) is 0.702. The van der Waals surface area contributed by atoms with Gasteiger partial charge in [-0.1, -0.05) is 11.8 Å². The molecule has 3 rings (SSSR count). The highest BCUT2D eigenvalue weighted by atomic mass is 32.2. The Balaban J connectivity index is 1.76. The molecule has 3 aliphatic heterocycles. The monoisotopic (exact) mass is 350 g/mol. The normalized spacial score (nSPS) is 42.3. The average Bonchev–Trinajstić information content (AvgIpc) is 3.01. The second kappa shape index (κ2) is 5.84. The molecule has 3 fully saturated rings. The van der Waals surface area contributed by atoms with Crippen molar-refractivity contribution in [3.63, 3.8) is 0 Å². The maximum atomic E-state index is 6.01. The fraction of sp³-hybridized carbons (Fsp3) is 0.929. The van der Waals surface area contributed by atoms with Crippen molar-refractivity contribution in [1.82, 2.24) is 0 Å². The van der Waals surface area contributed by atoms with Gasteiger partial charge in [-0.2, -0.15) is 0 Å². The van der Waals surface area contributed by atoms with Gasteiger partial charge in [-0.3, -0.25) is 0 Å². The van der Waals surface area contributed by atoms with Gasteiger partial charge < -0.3 is 28.4 Å². The van der Waals surface area contributed by atoms with E-state index in [1.807, 2.05) is 34.0 Å². The van der Waals surface area contributed by atoms with Crippen LogP contribution in [0.25, 0.3) is 0 Å². The molecular weight excluding hydrogens is 328 g/mol. The molecule has 5 atom stereocenters. The van der Waals surface area contributed by atoms with Crippen LogP contribution in [-0.4, -0.2) is 59.5 Å². The number of fused-ring (bicyclic) bond motifs is 1. The van der Waals surface area contributed by atoms with Gasteiger partial charge in [0.2, 0.25) is 4.38 Å². The first kappa shape index (κ1) is 16.9. The van der Waals surface area contributed by atoms with Crippen molar-refractivity contribution in [2.75, 3.05) is 12.9 Å². The molecule has 0 saturated carbocycles. The van der Waals surface area contributed by atoms with Gasteiger partial charge >= 0.3 is 0 Å². The third-order valence-corrected chi connectivity index (χ3v) is 4.85. The summed E-state index contributed by atoms with van der Waals surface area (Å²) in [6.45, 7) is 7.90. The van der Waals surface area contributed by atoms with Gasteiger partial charge in [-0.15, -0.1) is 0 Å². The number of rotatable bonds is 2. The molecule has 3 saturated heterocycles. The molecule has 3 aliphatic rings. The lowest BCUT2D eigenvalue weighted by atomic mass is 10.1. The van der Waals surface area contributed by atoms with E-state index in [-0.39, 0.29) is 24.4 Å². The van der Waals surface area contributed by atoms with E-state index in [9.17, 15) is 0 Å². The van der Waals surface area contributed by atoms with E-state index < -0.39 is 17.9 Å². The zero-order chi connectivity index (χ0) is 16.1. The van der Waals surface area contributed by atoms with Gasteiger partial charge in [0, 0.05) is 0 Å². The molecule has 0 unspecified atom stereocenters. The molecule has 0 amide bonds. The summed E-state index contributed by atoms with van der Waals surface area (Å²) >= 11 is 6.57. The summed E-state index contributed by atoms with van der Waals surface area (Å²) in [6, 6.07) is 0. The number of thiocarbonyl (C=S) groups is 1. The van der Waals surface area contributed by atoms with E-state index in [1.165, 1.54) is 11.8 Å².